The van der Waals surface area contributed by atoms with Crippen LogP contribution in [0.4, 0.5) is 16.2 Å². The van der Waals surface area contributed by atoms with Crippen molar-refractivity contribution in [1.82, 2.24) is 15.0 Å². The molecule has 0 aliphatic heterocycles. The van der Waals surface area contributed by atoms with Crippen molar-refractivity contribution in [3.8, 4) is 17.2 Å². The number of hydrogen-bond donors (Lipinski definition) is 3. The number of benzene rings is 6. The second-order valence-electron chi connectivity index (χ2n) is 15.9. The summed E-state index contributed by atoms with van der Waals surface area (Å²) in [6, 6.07) is 36.8. The zero-order valence-electron chi connectivity index (χ0n) is 36.4. The summed E-state index contributed by atoms with van der Waals surface area (Å²) in [5, 5.41) is 34.2. The molecule has 0 bridgehead atoms. The van der Waals surface area contributed by atoms with Gasteiger partial charge in [-0.15, -0.1) is 10.2 Å². The largest absolute Gasteiger partial charge is 0.506 e. The fourth-order valence-corrected chi connectivity index (χ4v) is 7.72. The van der Waals surface area contributed by atoms with Gasteiger partial charge in [0.15, 0.2) is 6.10 Å². The van der Waals surface area contributed by atoms with Crippen molar-refractivity contribution in [2.45, 2.75) is 90.2 Å². The molecule has 1 aromatic heterocycles. The Kier molecular flexibility index (Phi) is 15.5. The Hall–Kier alpha value is -7.54. The molecule has 0 aliphatic rings. The second-order valence-corrected chi connectivity index (χ2v) is 15.9. The van der Waals surface area contributed by atoms with Crippen molar-refractivity contribution >= 4 is 57.1 Å². The Bertz CT molecular complexity index is 2740. The first-order valence-electron chi connectivity index (χ1n) is 22.2. The molecular formula is C52H53N5O8. The lowest BCUT2D eigenvalue weighted by atomic mass is 10.0. The third kappa shape index (κ3) is 11.7. The maximum absolute atomic E-state index is 14.5. The van der Waals surface area contributed by atoms with Gasteiger partial charge in [0.1, 0.15) is 28.3 Å². The molecular weight excluding hydrogens is 823 g/mol. The third-order valence-corrected chi connectivity index (χ3v) is 11.2. The summed E-state index contributed by atoms with van der Waals surface area (Å²) in [4.78, 5) is 56.0. The molecule has 6 aromatic carbocycles. The van der Waals surface area contributed by atoms with E-state index in [1.165, 1.54) is 55.6 Å². The van der Waals surface area contributed by atoms with Crippen LogP contribution in [0.15, 0.2) is 133 Å². The van der Waals surface area contributed by atoms with Crippen molar-refractivity contribution in [3.05, 3.63) is 150 Å². The van der Waals surface area contributed by atoms with Crippen LogP contribution in [0.2, 0.25) is 0 Å². The lowest BCUT2D eigenvalue weighted by Gasteiger charge is -2.24. The maximum Gasteiger partial charge on any atom is 0.366 e. The molecule has 13 nitrogen and oxygen atoms in total. The highest BCUT2D eigenvalue weighted by Gasteiger charge is 2.26. The number of fused-ring (bicyclic) bond motifs is 2. The van der Waals surface area contributed by atoms with Crippen LogP contribution in [0.25, 0.3) is 21.8 Å². The van der Waals surface area contributed by atoms with E-state index in [1.807, 2.05) is 36.4 Å². The van der Waals surface area contributed by atoms with Crippen molar-refractivity contribution in [1.29, 1.82) is 0 Å². The molecule has 65 heavy (non-hydrogen) atoms. The highest BCUT2D eigenvalue weighted by molar-refractivity contribution is 6.13. The summed E-state index contributed by atoms with van der Waals surface area (Å²) in [6.45, 7) is 2.31. The molecule has 7 rings (SSSR count). The molecule has 7 aromatic rings. The summed E-state index contributed by atoms with van der Waals surface area (Å²) < 4.78 is 11.5. The number of amides is 2. The molecule has 0 saturated carbocycles. The summed E-state index contributed by atoms with van der Waals surface area (Å²) in [6.07, 6.45) is 10.5. The molecule has 3 N–H and O–H groups in total. The van der Waals surface area contributed by atoms with Gasteiger partial charge in [-0.25, -0.2) is 14.4 Å². The number of carboxylic acid groups (broad SMARTS) is 1. The van der Waals surface area contributed by atoms with Crippen molar-refractivity contribution in [2.75, 3.05) is 10.2 Å². The predicted octanol–water partition coefficient (Wildman–Crippen LogP) is 11.6. The normalized spacial score (nSPS) is 11.6. The number of nitrogens with one attached hydrogen (secondary N) is 1. The van der Waals surface area contributed by atoms with E-state index in [1.54, 1.807) is 84.9 Å². The van der Waals surface area contributed by atoms with E-state index in [2.05, 4.69) is 22.4 Å². The van der Waals surface area contributed by atoms with Gasteiger partial charge >= 0.3 is 18.0 Å². The lowest BCUT2D eigenvalue weighted by Crippen LogP contribution is -2.35. The first-order chi connectivity index (χ1) is 31.7. The van der Waals surface area contributed by atoms with Gasteiger partial charge in [0, 0.05) is 10.8 Å². The second kappa shape index (κ2) is 22.2. The number of aromatic hydroxyl groups is 1. The van der Waals surface area contributed by atoms with Crippen LogP contribution in [0.3, 0.4) is 0 Å². The van der Waals surface area contributed by atoms with Crippen LogP contribution in [-0.4, -0.2) is 55.2 Å². The van der Waals surface area contributed by atoms with Gasteiger partial charge in [0.05, 0.1) is 29.0 Å². The minimum Gasteiger partial charge on any atom is -0.506 e. The highest BCUT2D eigenvalue weighted by Crippen LogP contribution is 2.37. The monoisotopic (exact) mass is 875 g/mol. The minimum absolute atomic E-state index is 0.0490. The number of phenols is 1. The summed E-state index contributed by atoms with van der Waals surface area (Å²) in [7, 11) is 0. The number of hydrogen-bond acceptors (Lipinski definition) is 9. The van der Waals surface area contributed by atoms with Crippen LogP contribution in [0.5, 0.6) is 17.2 Å². The Morgan fingerprint density at radius 2 is 1.35 bits per heavy atom. The standard InChI is InChI=1S/C52H53N5O8/c1-2-3-4-5-6-7-8-9-10-17-29-47(50(60)61)65-46-28-19-18-26-43(46)53-49(59)41-32-31-39-40(48(41)58)25-20-27-45(39)56(35-36-21-13-11-14-22-36)52(63)57-54-42-33-30-37(34-44(42)55-57)51(62)64-38-23-15-12-16-24-38/h11-16,18-28,30-34,47,58H,2-10,17,29,35H2,1H3,(H,53,59)(H,60,61). The first kappa shape index (κ1) is 45.5. The van der Waals surface area contributed by atoms with Crippen molar-refractivity contribution < 1.29 is 38.9 Å². The van der Waals surface area contributed by atoms with E-state index in [4.69, 9.17) is 9.47 Å². The number of aromatic nitrogens is 3. The van der Waals surface area contributed by atoms with E-state index in [-0.39, 0.29) is 34.9 Å². The quantitative estimate of drug-likeness (QED) is 0.0358. The molecule has 0 saturated heterocycles. The van der Waals surface area contributed by atoms with Crippen LogP contribution in [0.1, 0.15) is 104 Å². The number of aliphatic carboxylic acids is 1. The molecule has 0 fully saturated rings. The van der Waals surface area contributed by atoms with Gasteiger partial charge in [0.25, 0.3) is 5.91 Å². The predicted molar refractivity (Wildman–Crippen MR) is 251 cm³/mol. The summed E-state index contributed by atoms with van der Waals surface area (Å²) >= 11 is 0. The van der Waals surface area contributed by atoms with E-state index >= 15 is 0 Å². The molecule has 0 spiro atoms. The SMILES string of the molecule is CCCCCCCCCCCCC(Oc1ccccc1NC(=O)c1ccc2c(N(Cc3ccccc3)C(=O)n3nc4ccc(C(=O)Oc5ccccc5)cc4n3)cccc2c1O)C(=O)O. The number of ether oxygens (including phenoxy) is 2. The maximum atomic E-state index is 14.5. The fourth-order valence-electron chi connectivity index (χ4n) is 7.72. The van der Waals surface area contributed by atoms with E-state index < -0.39 is 30.0 Å². The molecule has 2 amide bonds. The van der Waals surface area contributed by atoms with Gasteiger partial charge in [-0.2, -0.15) is 0 Å². The number of phenolic OH excluding ortho intramolecular Hbond substituents is 1. The fraction of sp³-hybridized carbons (Fsp3) is 0.269. The van der Waals surface area contributed by atoms with Gasteiger partial charge in [-0.05, 0) is 73.0 Å². The van der Waals surface area contributed by atoms with E-state index in [0.717, 1.165) is 29.6 Å². The smallest absolute Gasteiger partial charge is 0.366 e. The molecule has 1 atom stereocenters. The molecule has 13 heteroatoms. The molecule has 1 unspecified atom stereocenters. The summed E-state index contributed by atoms with van der Waals surface area (Å²) in [5.41, 5.74) is 2.31. The molecule has 0 radical (unpaired) electrons. The van der Waals surface area contributed by atoms with Gasteiger partial charge in [-0.3, -0.25) is 9.69 Å². The van der Waals surface area contributed by atoms with Crippen LogP contribution in [-0.2, 0) is 11.3 Å². The third-order valence-electron chi connectivity index (χ3n) is 11.2. The summed E-state index contributed by atoms with van der Waals surface area (Å²) in [5.74, 6) is -2.07. The highest BCUT2D eigenvalue weighted by atomic mass is 16.5. The van der Waals surface area contributed by atoms with E-state index in [0.29, 0.717) is 46.1 Å². The zero-order chi connectivity index (χ0) is 45.5. The Morgan fingerprint density at radius 1 is 0.692 bits per heavy atom. The number of carbonyl (C=O) groups is 4. The van der Waals surface area contributed by atoms with Gasteiger partial charge in [0.2, 0.25) is 0 Å². The number of carboxylic acids is 1. The number of carbonyl (C=O) groups excluding carboxylic acids is 3. The van der Waals surface area contributed by atoms with Crippen molar-refractivity contribution in [3.63, 3.8) is 0 Å². The first-order valence-corrected chi connectivity index (χ1v) is 22.2. The Balaban J connectivity index is 1.08. The molecule has 1 heterocycles. The number of nitrogens with zero attached hydrogens (tertiary/aromatic N) is 4. The lowest BCUT2D eigenvalue weighted by molar-refractivity contribution is -0.145. The van der Waals surface area contributed by atoms with Gasteiger partial charge < -0.3 is 25.0 Å². The number of anilines is 2. The van der Waals surface area contributed by atoms with Crippen LogP contribution < -0.4 is 19.7 Å². The zero-order valence-corrected chi connectivity index (χ0v) is 36.4. The minimum atomic E-state index is -1.10. The Labute approximate surface area is 377 Å². The number of esters is 1. The van der Waals surface area contributed by atoms with E-state index in [9.17, 15) is 29.4 Å². The number of rotatable bonds is 21. The average Bonchev–Trinajstić information content (AvgIpc) is 3.76. The molecule has 334 valence electrons. The van der Waals surface area contributed by atoms with Gasteiger partial charge in [-0.1, -0.05) is 148 Å². The number of unbranched alkanes of at least 4 members (excludes halogenated alkanes) is 9. The average molecular weight is 876 g/mol. The van der Waals surface area contributed by atoms with Crippen LogP contribution in [0, 0.1) is 0 Å². The Morgan fingerprint density at radius 3 is 2.08 bits per heavy atom. The topological polar surface area (TPSA) is 173 Å². The number of para-hydroxylation sites is 3. The molecule has 0 aliphatic carbocycles. The van der Waals surface area contributed by atoms with Crippen LogP contribution >= 0.6 is 0 Å². The van der Waals surface area contributed by atoms with Crippen molar-refractivity contribution in [2.24, 2.45) is 0 Å².